The highest BCUT2D eigenvalue weighted by Crippen LogP contribution is 2.22. The normalized spacial score (nSPS) is 10.7. The van der Waals surface area contributed by atoms with Gasteiger partial charge in [-0.05, 0) is 48.4 Å². The summed E-state index contributed by atoms with van der Waals surface area (Å²) in [6.45, 7) is 6.90. The monoisotopic (exact) mass is 337 g/mol. The first-order chi connectivity index (χ1) is 11.7. The number of halogens is 1. The number of fused-ring (bicyclic) bond motifs is 2. The predicted molar refractivity (Wildman–Crippen MR) is 102 cm³/mol. The molecule has 0 N–H and O–H groups in total. The molecule has 0 amide bonds. The van der Waals surface area contributed by atoms with E-state index in [0.29, 0.717) is 5.02 Å². The number of pyridine rings is 2. The third kappa shape index (κ3) is 3.13. The molecule has 4 heteroatoms. The third-order valence-electron chi connectivity index (χ3n) is 3.88. The van der Waals surface area contributed by atoms with Crippen molar-refractivity contribution in [2.24, 2.45) is 0 Å². The van der Waals surface area contributed by atoms with Crippen LogP contribution >= 0.6 is 11.6 Å². The lowest BCUT2D eigenvalue weighted by atomic mass is 10.1. The van der Waals surface area contributed by atoms with Crippen molar-refractivity contribution < 1.29 is 0 Å². The number of hydrogen-bond donors (Lipinski definition) is 0. The van der Waals surface area contributed by atoms with Crippen LogP contribution in [0.2, 0.25) is 5.02 Å². The zero-order chi connectivity index (χ0) is 17.1. The van der Waals surface area contributed by atoms with Crippen molar-refractivity contribution in [3.63, 3.8) is 0 Å². The highest BCUT2D eigenvalue weighted by molar-refractivity contribution is 6.31. The summed E-state index contributed by atoms with van der Waals surface area (Å²) in [5.41, 5.74) is 5.60. The molecule has 0 atom stereocenters. The van der Waals surface area contributed by atoms with Crippen LogP contribution in [0.25, 0.3) is 21.9 Å². The molecule has 0 radical (unpaired) electrons. The summed E-state index contributed by atoms with van der Waals surface area (Å²) in [6, 6.07) is 12.3. The fourth-order valence-corrected chi connectivity index (χ4v) is 3.04. The molecule has 24 heavy (non-hydrogen) atoms. The fourth-order valence-electron chi connectivity index (χ4n) is 2.88. The van der Waals surface area contributed by atoms with Crippen molar-refractivity contribution in [3.8, 4) is 0 Å². The van der Waals surface area contributed by atoms with Crippen LogP contribution in [-0.4, -0.2) is 14.5 Å². The minimum Gasteiger partial charge on any atom is -0.341 e. The summed E-state index contributed by atoms with van der Waals surface area (Å²) in [6.07, 6.45) is 5.67. The number of hydrogen-bond acceptors (Lipinski definition) is 2. The number of rotatable bonds is 2. The van der Waals surface area contributed by atoms with Gasteiger partial charge < -0.3 is 4.57 Å². The molecule has 0 bridgehead atoms. The van der Waals surface area contributed by atoms with Gasteiger partial charge in [-0.3, -0.25) is 9.97 Å². The first-order valence-electron chi connectivity index (χ1n) is 8.15. The molecule has 4 rings (SSSR count). The van der Waals surface area contributed by atoms with Crippen LogP contribution in [0.1, 0.15) is 25.0 Å². The van der Waals surface area contributed by atoms with E-state index < -0.39 is 0 Å². The van der Waals surface area contributed by atoms with Crippen LogP contribution < -0.4 is 0 Å². The average molecular weight is 338 g/mol. The molecule has 3 nitrogen and oxygen atoms in total. The fraction of sp³-hybridized carbons (Fsp3) is 0.200. The van der Waals surface area contributed by atoms with Gasteiger partial charge >= 0.3 is 0 Å². The van der Waals surface area contributed by atoms with E-state index in [1.807, 2.05) is 38.2 Å². The molecular formula is C20H20ClN3. The molecule has 0 unspecified atom stereocenters. The van der Waals surface area contributed by atoms with Gasteiger partial charge in [0.25, 0.3) is 0 Å². The van der Waals surface area contributed by atoms with E-state index in [2.05, 4.69) is 45.9 Å². The van der Waals surface area contributed by atoms with Crippen LogP contribution in [0.4, 0.5) is 0 Å². The Bertz CT molecular complexity index is 989. The minimum atomic E-state index is 0.663. The second-order valence-corrected chi connectivity index (χ2v) is 5.93. The molecular weight excluding hydrogens is 318 g/mol. The van der Waals surface area contributed by atoms with Crippen LogP contribution in [0, 0.1) is 6.92 Å². The SMILES string of the molecule is CC.Cc1cn(Cc2ccc3ncc(Cl)cc3c2)c2cccnc12. The lowest BCUT2D eigenvalue weighted by molar-refractivity contribution is 0.835. The van der Waals surface area contributed by atoms with Gasteiger partial charge in [-0.15, -0.1) is 0 Å². The van der Waals surface area contributed by atoms with E-state index in [4.69, 9.17) is 11.6 Å². The van der Waals surface area contributed by atoms with Crippen LogP contribution in [0.5, 0.6) is 0 Å². The summed E-state index contributed by atoms with van der Waals surface area (Å²) in [4.78, 5) is 8.79. The Morgan fingerprint density at radius 1 is 1.08 bits per heavy atom. The molecule has 0 saturated carbocycles. The molecule has 0 fully saturated rings. The van der Waals surface area contributed by atoms with Crippen LogP contribution in [-0.2, 0) is 6.54 Å². The van der Waals surface area contributed by atoms with Crippen molar-refractivity contribution in [2.45, 2.75) is 27.3 Å². The first-order valence-corrected chi connectivity index (χ1v) is 8.53. The molecule has 0 aliphatic heterocycles. The van der Waals surface area contributed by atoms with Crippen molar-refractivity contribution >= 4 is 33.5 Å². The Hall–Kier alpha value is -2.39. The largest absolute Gasteiger partial charge is 0.341 e. The highest BCUT2D eigenvalue weighted by Gasteiger charge is 2.07. The minimum absolute atomic E-state index is 0.663. The molecule has 0 spiro atoms. The summed E-state index contributed by atoms with van der Waals surface area (Å²) < 4.78 is 2.23. The van der Waals surface area contributed by atoms with Gasteiger partial charge in [0.2, 0.25) is 0 Å². The average Bonchev–Trinajstić information content (AvgIpc) is 2.93. The quantitative estimate of drug-likeness (QED) is 0.475. The number of nitrogens with zero attached hydrogens (tertiary/aromatic N) is 3. The van der Waals surface area contributed by atoms with E-state index in [1.54, 1.807) is 6.20 Å². The third-order valence-corrected chi connectivity index (χ3v) is 4.09. The zero-order valence-electron chi connectivity index (χ0n) is 14.1. The maximum absolute atomic E-state index is 6.04. The molecule has 1 aromatic carbocycles. The van der Waals surface area contributed by atoms with Crippen molar-refractivity contribution in [1.82, 2.24) is 14.5 Å². The molecule has 4 aromatic rings. The van der Waals surface area contributed by atoms with Crippen LogP contribution in [0.15, 0.2) is 55.0 Å². The van der Waals surface area contributed by atoms with Gasteiger partial charge in [0.1, 0.15) is 0 Å². The number of benzene rings is 1. The number of aromatic nitrogens is 3. The summed E-state index contributed by atoms with van der Waals surface area (Å²) >= 11 is 6.04. The Labute approximate surface area is 146 Å². The molecule has 0 aliphatic carbocycles. The van der Waals surface area contributed by atoms with E-state index in [0.717, 1.165) is 28.5 Å². The maximum atomic E-state index is 6.04. The summed E-state index contributed by atoms with van der Waals surface area (Å²) in [5, 5.41) is 1.73. The smallest absolute Gasteiger partial charge is 0.0910 e. The summed E-state index contributed by atoms with van der Waals surface area (Å²) in [7, 11) is 0. The first kappa shape index (κ1) is 16.5. The van der Waals surface area contributed by atoms with E-state index in [1.165, 1.54) is 11.1 Å². The van der Waals surface area contributed by atoms with Gasteiger partial charge in [-0.25, -0.2) is 0 Å². The molecule has 0 saturated heterocycles. The molecule has 3 heterocycles. The Balaban J connectivity index is 0.000000815. The van der Waals surface area contributed by atoms with E-state index in [9.17, 15) is 0 Å². The van der Waals surface area contributed by atoms with Gasteiger partial charge in [0.15, 0.2) is 0 Å². The number of aryl methyl sites for hydroxylation is 1. The van der Waals surface area contributed by atoms with Crippen LogP contribution in [0.3, 0.4) is 0 Å². The summed E-state index contributed by atoms with van der Waals surface area (Å²) in [5.74, 6) is 0. The van der Waals surface area contributed by atoms with Crippen molar-refractivity contribution in [1.29, 1.82) is 0 Å². The van der Waals surface area contributed by atoms with Gasteiger partial charge in [-0.1, -0.05) is 31.5 Å². The van der Waals surface area contributed by atoms with Crippen molar-refractivity contribution in [3.05, 3.63) is 71.1 Å². The zero-order valence-corrected chi connectivity index (χ0v) is 14.9. The lowest BCUT2D eigenvalue weighted by Crippen LogP contribution is -1.98. The molecule has 0 aliphatic rings. The van der Waals surface area contributed by atoms with Gasteiger partial charge in [0.05, 0.1) is 21.6 Å². The van der Waals surface area contributed by atoms with Gasteiger partial charge in [0, 0.05) is 30.5 Å². The maximum Gasteiger partial charge on any atom is 0.0910 e. The molecule has 122 valence electrons. The van der Waals surface area contributed by atoms with E-state index in [-0.39, 0.29) is 0 Å². The second-order valence-electron chi connectivity index (χ2n) is 5.49. The Kier molecular flexibility index (Phi) is 4.81. The second kappa shape index (κ2) is 7.02. The van der Waals surface area contributed by atoms with Gasteiger partial charge in [-0.2, -0.15) is 0 Å². The standard InChI is InChI=1S/C18H14ClN3.C2H6/c1-12-10-22(17-3-2-6-20-18(12)17)11-13-4-5-16-14(7-13)8-15(19)9-21-16;1-2/h2-10H,11H2,1H3;1-2H3. The Morgan fingerprint density at radius 3 is 2.75 bits per heavy atom. The van der Waals surface area contributed by atoms with E-state index >= 15 is 0 Å². The van der Waals surface area contributed by atoms with Crippen molar-refractivity contribution in [2.75, 3.05) is 0 Å². The highest BCUT2D eigenvalue weighted by atomic mass is 35.5. The Morgan fingerprint density at radius 2 is 1.92 bits per heavy atom. The topological polar surface area (TPSA) is 30.7 Å². The molecule has 3 aromatic heterocycles. The predicted octanol–water partition coefficient (Wildman–Crippen LogP) is 5.62. The lowest BCUT2D eigenvalue weighted by Gasteiger charge is -2.07.